The van der Waals surface area contributed by atoms with Crippen LogP contribution in [0.1, 0.15) is 62.4 Å². The van der Waals surface area contributed by atoms with Crippen molar-refractivity contribution >= 4 is 15.7 Å². The fourth-order valence-electron chi connectivity index (χ4n) is 4.88. The van der Waals surface area contributed by atoms with Gasteiger partial charge in [0, 0.05) is 29.3 Å². The Hall–Kier alpha value is -2.26. The highest BCUT2D eigenvalue weighted by Crippen LogP contribution is 2.42. The van der Waals surface area contributed by atoms with Gasteiger partial charge in [0.1, 0.15) is 17.6 Å². The van der Waals surface area contributed by atoms with Gasteiger partial charge in [-0.05, 0) is 57.2 Å². The number of amides is 1. The van der Waals surface area contributed by atoms with Crippen molar-refractivity contribution < 1.29 is 22.3 Å². The third-order valence-corrected chi connectivity index (χ3v) is 8.66. The number of fused-ring (bicyclic) bond motifs is 1. The lowest BCUT2D eigenvalue weighted by Crippen LogP contribution is -2.65. The van der Waals surface area contributed by atoms with E-state index in [9.17, 15) is 17.6 Å². The van der Waals surface area contributed by atoms with Crippen molar-refractivity contribution in [2.24, 2.45) is 0 Å². The lowest BCUT2D eigenvalue weighted by Gasteiger charge is -2.39. The first kappa shape index (κ1) is 21.6. The number of hydrogen-bond acceptors (Lipinski definition) is 5. The minimum Gasteiger partial charge on any atom is -0.363 e. The van der Waals surface area contributed by atoms with E-state index in [-0.39, 0.29) is 35.9 Å². The van der Waals surface area contributed by atoms with Crippen LogP contribution in [0.2, 0.25) is 0 Å². The number of carbonyl (C=O) groups is 1. The molecule has 3 heterocycles. The molecule has 1 aliphatic carbocycles. The van der Waals surface area contributed by atoms with Gasteiger partial charge < -0.3 is 10.1 Å². The molecule has 2 aromatic rings. The normalized spacial score (nSPS) is 23.5. The summed E-state index contributed by atoms with van der Waals surface area (Å²) in [6.07, 6.45) is 1.82. The van der Waals surface area contributed by atoms with Crippen LogP contribution in [-0.4, -0.2) is 47.3 Å². The molecule has 5 rings (SSSR count). The Bertz CT molecular complexity index is 1190. The zero-order chi connectivity index (χ0) is 22.8. The first-order chi connectivity index (χ1) is 15.1. The molecular formula is C23H28FN3O4S. The Labute approximate surface area is 187 Å². The molecule has 7 nitrogen and oxygen atoms in total. The number of benzene rings is 1. The SMILES string of the molecule is CC(C)n1nc(-c2cc(C3CC3)ccc2F)c2c1C[C@H](C(=O)NC1(C)CS(=O)(=O)C1)OC2. The average Bonchev–Trinajstić information content (AvgIpc) is 3.46. The summed E-state index contributed by atoms with van der Waals surface area (Å²) in [7, 11) is -3.07. The molecule has 172 valence electrons. The van der Waals surface area contributed by atoms with Gasteiger partial charge in [0.25, 0.3) is 0 Å². The van der Waals surface area contributed by atoms with Gasteiger partial charge in [-0.15, -0.1) is 0 Å². The Morgan fingerprint density at radius 2 is 2.03 bits per heavy atom. The number of aromatic nitrogens is 2. The van der Waals surface area contributed by atoms with Crippen LogP contribution in [0.25, 0.3) is 11.3 Å². The summed E-state index contributed by atoms with van der Waals surface area (Å²) < 4.78 is 45.7. The minimum absolute atomic E-state index is 0.0308. The molecule has 1 aromatic heterocycles. The second-order valence-electron chi connectivity index (χ2n) is 9.91. The summed E-state index contributed by atoms with van der Waals surface area (Å²) in [5.41, 5.74) is 3.10. The number of sulfone groups is 1. The van der Waals surface area contributed by atoms with Gasteiger partial charge >= 0.3 is 0 Å². The Morgan fingerprint density at radius 1 is 1.31 bits per heavy atom. The Kier molecular flexibility index (Phi) is 4.98. The number of carbonyl (C=O) groups excluding carboxylic acids is 1. The highest BCUT2D eigenvalue weighted by molar-refractivity contribution is 7.93. The molecule has 2 fully saturated rings. The Morgan fingerprint density at radius 3 is 2.66 bits per heavy atom. The fraction of sp³-hybridized carbons (Fsp3) is 0.565. The van der Waals surface area contributed by atoms with Crippen molar-refractivity contribution in [3.8, 4) is 11.3 Å². The van der Waals surface area contributed by atoms with Crippen LogP contribution in [0, 0.1) is 5.82 Å². The summed E-state index contributed by atoms with van der Waals surface area (Å²) >= 11 is 0. The molecule has 0 radical (unpaired) electrons. The summed E-state index contributed by atoms with van der Waals surface area (Å²) in [5.74, 6) is -0.265. The Balaban J connectivity index is 1.44. The van der Waals surface area contributed by atoms with E-state index in [1.807, 2.05) is 30.7 Å². The molecule has 1 saturated carbocycles. The van der Waals surface area contributed by atoms with Crippen LogP contribution in [-0.2, 0) is 32.4 Å². The van der Waals surface area contributed by atoms with Crippen molar-refractivity contribution in [2.45, 2.75) is 70.2 Å². The molecule has 0 spiro atoms. The van der Waals surface area contributed by atoms with E-state index in [1.165, 1.54) is 6.07 Å². The molecule has 9 heteroatoms. The number of hydrogen-bond donors (Lipinski definition) is 1. The van der Waals surface area contributed by atoms with Gasteiger partial charge in [-0.1, -0.05) is 6.07 Å². The molecule has 0 bridgehead atoms. The predicted molar refractivity (Wildman–Crippen MR) is 117 cm³/mol. The second kappa shape index (κ2) is 7.38. The van der Waals surface area contributed by atoms with E-state index in [1.54, 1.807) is 6.92 Å². The highest BCUT2D eigenvalue weighted by Gasteiger charge is 2.47. The molecule has 3 aliphatic rings. The fourth-order valence-corrected chi connectivity index (χ4v) is 6.88. The van der Waals surface area contributed by atoms with Crippen LogP contribution in [0.3, 0.4) is 0 Å². The van der Waals surface area contributed by atoms with Gasteiger partial charge in [-0.25, -0.2) is 12.8 Å². The summed E-state index contributed by atoms with van der Waals surface area (Å²) in [6, 6.07) is 5.29. The number of halogens is 1. The van der Waals surface area contributed by atoms with Crippen LogP contribution in [0.4, 0.5) is 4.39 Å². The van der Waals surface area contributed by atoms with Crippen molar-refractivity contribution in [1.29, 1.82) is 0 Å². The predicted octanol–water partition coefficient (Wildman–Crippen LogP) is 2.89. The molecule has 2 aliphatic heterocycles. The van der Waals surface area contributed by atoms with E-state index in [0.29, 0.717) is 23.6 Å². The van der Waals surface area contributed by atoms with Crippen LogP contribution in [0.15, 0.2) is 18.2 Å². The molecule has 1 amide bonds. The molecule has 0 unspecified atom stereocenters. The average molecular weight is 462 g/mol. The largest absolute Gasteiger partial charge is 0.363 e. The molecule has 32 heavy (non-hydrogen) atoms. The van der Waals surface area contributed by atoms with Gasteiger partial charge in [-0.2, -0.15) is 5.10 Å². The topological polar surface area (TPSA) is 90.3 Å². The standard InChI is InChI=1S/C23H28FN3O4S/c1-13(2)27-19-9-20(22(28)25-23(3)11-32(29,30)12-23)31-10-17(19)21(26-27)16-8-15(14-4-5-14)6-7-18(16)24/h6-8,13-14,20H,4-5,9-12H2,1-3H3,(H,25,28)/t20-/m1/s1. The number of rotatable bonds is 5. The minimum atomic E-state index is -3.07. The maximum atomic E-state index is 14.8. The first-order valence-corrected chi connectivity index (χ1v) is 12.9. The van der Waals surface area contributed by atoms with Crippen LogP contribution >= 0.6 is 0 Å². The van der Waals surface area contributed by atoms with Crippen molar-refractivity contribution in [3.05, 3.63) is 40.8 Å². The van der Waals surface area contributed by atoms with Gasteiger partial charge in [0.2, 0.25) is 5.91 Å². The maximum absolute atomic E-state index is 14.8. The molecule has 1 aromatic carbocycles. The third kappa shape index (κ3) is 3.85. The first-order valence-electron chi connectivity index (χ1n) is 11.1. The van der Waals surface area contributed by atoms with Crippen molar-refractivity contribution in [3.63, 3.8) is 0 Å². The van der Waals surface area contributed by atoms with E-state index < -0.39 is 21.5 Å². The van der Waals surface area contributed by atoms with Gasteiger partial charge in [0.05, 0.1) is 23.7 Å². The van der Waals surface area contributed by atoms with Gasteiger partial charge in [-0.3, -0.25) is 9.48 Å². The smallest absolute Gasteiger partial charge is 0.250 e. The lowest BCUT2D eigenvalue weighted by molar-refractivity contribution is -0.136. The number of nitrogens with one attached hydrogen (secondary N) is 1. The van der Waals surface area contributed by atoms with Crippen molar-refractivity contribution in [2.75, 3.05) is 11.5 Å². The van der Waals surface area contributed by atoms with E-state index in [4.69, 9.17) is 9.84 Å². The number of ether oxygens (including phenoxy) is 1. The van der Waals surface area contributed by atoms with Crippen LogP contribution < -0.4 is 5.32 Å². The summed E-state index contributed by atoms with van der Waals surface area (Å²) in [6.45, 7) is 5.88. The zero-order valence-corrected chi connectivity index (χ0v) is 19.3. The summed E-state index contributed by atoms with van der Waals surface area (Å²) in [4.78, 5) is 12.8. The highest BCUT2D eigenvalue weighted by atomic mass is 32.2. The molecule has 1 N–H and O–H groups in total. The lowest BCUT2D eigenvalue weighted by atomic mass is 9.97. The number of nitrogens with zero attached hydrogens (tertiary/aromatic N) is 2. The van der Waals surface area contributed by atoms with E-state index in [2.05, 4.69) is 5.32 Å². The molecule has 1 saturated heterocycles. The van der Waals surface area contributed by atoms with E-state index >= 15 is 0 Å². The van der Waals surface area contributed by atoms with Crippen molar-refractivity contribution in [1.82, 2.24) is 15.1 Å². The zero-order valence-electron chi connectivity index (χ0n) is 18.5. The maximum Gasteiger partial charge on any atom is 0.250 e. The second-order valence-corrected chi connectivity index (χ2v) is 12.0. The third-order valence-electron chi connectivity index (χ3n) is 6.50. The summed E-state index contributed by atoms with van der Waals surface area (Å²) in [5, 5.41) is 7.58. The van der Waals surface area contributed by atoms with Crippen LogP contribution in [0.5, 0.6) is 0 Å². The molecule has 1 atom stereocenters. The molecular weight excluding hydrogens is 433 g/mol. The van der Waals surface area contributed by atoms with E-state index in [0.717, 1.165) is 29.7 Å². The monoisotopic (exact) mass is 461 g/mol. The quantitative estimate of drug-likeness (QED) is 0.740. The van der Waals surface area contributed by atoms with Gasteiger partial charge in [0.15, 0.2) is 9.84 Å².